The first-order valence-electron chi connectivity index (χ1n) is 9.00. The summed E-state index contributed by atoms with van der Waals surface area (Å²) in [5.41, 5.74) is 2.33. The molecule has 0 atom stereocenters. The number of ketones is 1. The van der Waals surface area contributed by atoms with Gasteiger partial charge in [-0.2, -0.15) is 0 Å². The van der Waals surface area contributed by atoms with E-state index in [9.17, 15) is 4.79 Å². The molecule has 1 saturated carbocycles. The van der Waals surface area contributed by atoms with Gasteiger partial charge in [0, 0.05) is 11.7 Å². The summed E-state index contributed by atoms with van der Waals surface area (Å²) in [6.07, 6.45) is 6.16. The van der Waals surface area contributed by atoms with Gasteiger partial charge in [0.15, 0.2) is 11.0 Å². The second kappa shape index (κ2) is 8.52. The number of hydrogen-bond acceptors (Lipinski definition) is 5. The van der Waals surface area contributed by atoms with E-state index in [1.54, 1.807) is 6.92 Å². The minimum atomic E-state index is 0.169. The van der Waals surface area contributed by atoms with Crippen LogP contribution in [0.25, 0.3) is 0 Å². The first kappa shape index (κ1) is 18.0. The van der Waals surface area contributed by atoms with Crippen LogP contribution in [0.1, 0.15) is 56.5 Å². The minimum Gasteiger partial charge on any atom is -0.378 e. The Balaban J connectivity index is 1.78. The molecule has 6 heteroatoms. The maximum Gasteiger partial charge on any atom is 0.191 e. The Labute approximate surface area is 153 Å². The molecule has 1 heterocycles. The fourth-order valence-corrected chi connectivity index (χ4v) is 4.16. The quantitative estimate of drug-likeness (QED) is 0.744. The molecule has 1 aromatic carbocycles. The van der Waals surface area contributed by atoms with Crippen LogP contribution in [0.3, 0.4) is 0 Å². The number of benzene rings is 1. The van der Waals surface area contributed by atoms with Crippen molar-refractivity contribution in [3.05, 3.63) is 35.7 Å². The lowest BCUT2D eigenvalue weighted by atomic mass is 9.95. The highest BCUT2D eigenvalue weighted by Gasteiger charge is 2.23. The van der Waals surface area contributed by atoms with E-state index in [4.69, 9.17) is 0 Å². The van der Waals surface area contributed by atoms with Crippen LogP contribution >= 0.6 is 11.8 Å². The topological polar surface area (TPSA) is 59.8 Å². The zero-order valence-electron chi connectivity index (χ0n) is 15.0. The van der Waals surface area contributed by atoms with Gasteiger partial charge in [0.25, 0.3) is 0 Å². The standard InChI is InChI=1S/C19H26N4OS/c1-14-7-6-8-16(11-14)20-12-18-21-22-19(25-13-15(2)24)23(18)17-9-4-3-5-10-17/h6-8,11,17,20H,3-5,9-10,12-13H2,1-2H3. The summed E-state index contributed by atoms with van der Waals surface area (Å²) >= 11 is 1.51. The van der Waals surface area contributed by atoms with Crippen molar-refractivity contribution < 1.29 is 4.79 Å². The molecule has 0 unspecified atom stereocenters. The highest BCUT2D eigenvalue weighted by molar-refractivity contribution is 7.99. The Morgan fingerprint density at radius 3 is 2.80 bits per heavy atom. The zero-order chi connectivity index (χ0) is 17.6. The smallest absolute Gasteiger partial charge is 0.191 e. The summed E-state index contributed by atoms with van der Waals surface area (Å²) < 4.78 is 2.27. The van der Waals surface area contributed by atoms with Gasteiger partial charge in [-0.15, -0.1) is 10.2 Å². The first-order chi connectivity index (χ1) is 12.1. The maximum absolute atomic E-state index is 11.4. The normalized spacial score (nSPS) is 15.3. The predicted molar refractivity (Wildman–Crippen MR) is 102 cm³/mol. The molecule has 3 rings (SSSR count). The minimum absolute atomic E-state index is 0.169. The molecule has 1 fully saturated rings. The Morgan fingerprint density at radius 1 is 1.28 bits per heavy atom. The van der Waals surface area contributed by atoms with Crippen LogP contribution in [0, 0.1) is 6.92 Å². The number of anilines is 1. The molecule has 0 spiro atoms. The highest BCUT2D eigenvalue weighted by atomic mass is 32.2. The second-order valence-electron chi connectivity index (χ2n) is 6.77. The molecule has 0 aliphatic heterocycles. The van der Waals surface area contributed by atoms with E-state index in [0.717, 1.165) is 16.7 Å². The number of carbonyl (C=O) groups is 1. The van der Waals surface area contributed by atoms with E-state index in [2.05, 4.69) is 51.3 Å². The van der Waals surface area contributed by atoms with Gasteiger partial charge in [-0.3, -0.25) is 4.79 Å². The average Bonchev–Trinajstić information content (AvgIpc) is 3.02. The van der Waals surface area contributed by atoms with Crippen molar-refractivity contribution in [3.63, 3.8) is 0 Å². The average molecular weight is 359 g/mol. The van der Waals surface area contributed by atoms with Crippen LogP contribution in [0.5, 0.6) is 0 Å². The van der Waals surface area contributed by atoms with Gasteiger partial charge in [-0.25, -0.2) is 0 Å². The van der Waals surface area contributed by atoms with Gasteiger partial charge < -0.3 is 9.88 Å². The van der Waals surface area contributed by atoms with Crippen LogP contribution in [0.4, 0.5) is 5.69 Å². The van der Waals surface area contributed by atoms with Gasteiger partial charge in [0.05, 0.1) is 12.3 Å². The van der Waals surface area contributed by atoms with E-state index in [1.807, 2.05) is 0 Å². The third-order valence-electron chi connectivity index (χ3n) is 4.55. The van der Waals surface area contributed by atoms with Crippen molar-refractivity contribution in [1.29, 1.82) is 0 Å². The van der Waals surface area contributed by atoms with Gasteiger partial charge in [0.1, 0.15) is 5.78 Å². The molecule has 2 aromatic rings. The molecule has 1 N–H and O–H groups in total. The number of nitrogens with zero attached hydrogens (tertiary/aromatic N) is 3. The Morgan fingerprint density at radius 2 is 2.08 bits per heavy atom. The Hall–Kier alpha value is -1.82. The fraction of sp³-hybridized carbons (Fsp3) is 0.526. The highest BCUT2D eigenvalue weighted by Crippen LogP contribution is 2.32. The molecule has 0 radical (unpaired) electrons. The number of nitrogens with one attached hydrogen (secondary N) is 1. The molecule has 1 aliphatic rings. The number of Topliss-reactive ketones (excluding diaryl/α,β-unsaturated/α-hetero) is 1. The van der Waals surface area contributed by atoms with E-state index < -0.39 is 0 Å². The Bertz CT molecular complexity index is 722. The van der Waals surface area contributed by atoms with Crippen molar-refractivity contribution in [2.45, 2.75) is 63.7 Å². The van der Waals surface area contributed by atoms with Gasteiger partial charge in [0.2, 0.25) is 0 Å². The van der Waals surface area contributed by atoms with Crippen LogP contribution < -0.4 is 5.32 Å². The van der Waals surface area contributed by atoms with Crippen LogP contribution in [0.15, 0.2) is 29.4 Å². The van der Waals surface area contributed by atoms with E-state index in [0.29, 0.717) is 18.3 Å². The van der Waals surface area contributed by atoms with Crippen LogP contribution in [-0.2, 0) is 11.3 Å². The molecule has 5 nitrogen and oxygen atoms in total. The number of aromatic nitrogens is 3. The van der Waals surface area contributed by atoms with E-state index in [-0.39, 0.29) is 5.78 Å². The summed E-state index contributed by atoms with van der Waals surface area (Å²) in [5.74, 6) is 1.58. The monoisotopic (exact) mass is 358 g/mol. The molecule has 0 bridgehead atoms. The second-order valence-corrected chi connectivity index (χ2v) is 7.72. The third kappa shape index (κ3) is 4.84. The SMILES string of the molecule is CC(=O)CSc1nnc(CNc2cccc(C)c2)n1C1CCCCC1. The fourth-order valence-electron chi connectivity index (χ4n) is 3.33. The summed E-state index contributed by atoms with van der Waals surface area (Å²) in [6.45, 7) is 4.36. The molecular formula is C19H26N4OS. The van der Waals surface area contributed by atoms with Crippen molar-refractivity contribution >= 4 is 23.2 Å². The van der Waals surface area contributed by atoms with Gasteiger partial charge in [-0.05, 0) is 44.4 Å². The lowest BCUT2D eigenvalue weighted by molar-refractivity contribution is -0.114. The van der Waals surface area contributed by atoms with Crippen molar-refractivity contribution in [1.82, 2.24) is 14.8 Å². The predicted octanol–water partition coefficient (Wildman–Crippen LogP) is 4.38. The first-order valence-corrected chi connectivity index (χ1v) is 9.98. The van der Waals surface area contributed by atoms with Crippen molar-refractivity contribution in [3.8, 4) is 0 Å². The number of rotatable bonds is 7. The summed E-state index contributed by atoms with van der Waals surface area (Å²) in [5, 5.41) is 13.1. The maximum atomic E-state index is 11.4. The number of hydrogen-bond donors (Lipinski definition) is 1. The Kier molecular flexibility index (Phi) is 6.13. The van der Waals surface area contributed by atoms with Crippen molar-refractivity contribution in [2.75, 3.05) is 11.1 Å². The molecule has 134 valence electrons. The molecule has 0 saturated heterocycles. The molecule has 0 amide bonds. The third-order valence-corrected chi connectivity index (χ3v) is 5.64. The van der Waals surface area contributed by atoms with Crippen molar-refractivity contribution in [2.24, 2.45) is 0 Å². The summed E-state index contributed by atoms with van der Waals surface area (Å²) in [4.78, 5) is 11.4. The lowest BCUT2D eigenvalue weighted by Crippen LogP contribution is -2.18. The lowest BCUT2D eigenvalue weighted by Gasteiger charge is -2.25. The van der Waals surface area contributed by atoms with Crippen LogP contribution in [0.2, 0.25) is 0 Å². The molecule has 1 aliphatic carbocycles. The molecule has 1 aromatic heterocycles. The number of aryl methyl sites for hydroxylation is 1. The zero-order valence-corrected chi connectivity index (χ0v) is 15.8. The number of thioether (sulfide) groups is 1. The van der Waals surface area contributed by atoms with E-state index >= 15 is 0 Å². The summed E-state index contributed by atoms with van der Waals surface area (Å²) in [7, 11) is 0. The van der Waals surface area contributed by atoms with E-state index in [1.165, 1.54) is 49.4 Å². The number of carbonyl (C=O) groups excluding carboxylic acids is 1. The largest absolute Gasteiger partial charge is 0.378 e. The molecular weight excluding hydrogens is 332 g/mol. The van der Waals surface area contributed by atoms with Gasteiger partial charge in [-0.1, -0.05) is 43.2 Å². The van der Waals surface area contributed by atoms with Gasteiger partial charge >= 0.3 is 0 Å². The van der Waals surface area contributed by atoms with Crippen LogP contribution in [-0.4, -0.2) is 26.3 Å². The molecule has 25 heavy (non-hydrogen) atoms. The summed E-state index contributed by atoms with van der Waals surface area (Å²) in [6, 6.07) is 8.79.